The number of ether oxygens (including phenoxy) is 1. The van der Waals surface area contributed by atoms with E-state index in [9.17, 15) is 14.0 Å². The third kappa shape index (κ3) is 5.58. The normalized spacial score (nSPS) is 15.7. The summed E-state index contributed by atoms with van der Waals surface area (Å²) in [5.41, 5.74) is 2.78. The van der Waals surface area contributed by atoms with Gasteiger partial charge in [0.05, 0.1) is 29.7 Å². The number of aromatic nitrogens is 4. The van der Waals surface area contributed by atoms with E-state index in [0.29, 0.717) is 31.4 Å². The summed E-state index contributed by atoms with van der Waals surface area (Å²) in [4.78, 5) is 35.5. The number of nitrogens with one attached hydrogen (secondary N) is 3. The van der Waals surface area contributed by atoms with E-state index < -0.39 is 11.7 Å². The third-order valence-corrected chi connectivity index (χ3v) is 6.77. The number of rotatable bonds is 9. The Hall–Kier alpha value is -4.09. The number of halogens is 1. The molecule has 1 aliphatic heterocycles. The first-order valence-electron chi connectivity index (χ1n) is 12.5. The third-order valence-electron chi connectivity index (χ3n) is 6.77. The summed E-state index contributed by atoms with van der Waals surface area (Å²) in [6.45, 7) is 2.82. The van der Waals surface area contributed by atoms with Crippen molar-refractivity contribution in [2.45, 2.75) is 18.9 Å². The van der Waals surface area contributed by atoms with E-state index in [1.165, 1.54) is 24.4 Å². The lowest BCUT2D eigenvalue weighted by Crippen LogP contribution is -2.39. The van der Waals surface area contributed by atoms with Gasteiger partial charge in [-0.05, 0) is 49.7 Å². The fraction of sp³-hybridized carbons (Fsp3) is 0.333. The van der Waals surface area contributed by atoms with Gasteiger partial charge in [-0.2, -0.15) is 5.10 Å². The van der Waals surface area contributed by atoms with Gasteiger partial charge in [0, 0.05) is 62.2 Å². The maximum absolute atomic E-state index is 14.5. The molecule has 4 aromatic rings. The first kappa shape index (κ1) is 25.6. The molecule has 1 fully saturated rings. The molecule has 1 aliphatic rings. The molecule has 5 rings (SSSR count). The first-order valence-corrected chi connectivity index (χ1v) is 12.5. The van der Waals surface area contributed by atoms with Gasteiger partial charge in [-0.25, -0.2) is 9.37 Å². The number of carbonyl (C=O) groups is 2. The number of carbonyl (C=O) groups excluding carboxylic acids is 2. The lowest BCUT2D eigenvalue weighted by atomic mass is 10.1. The van der Waals surface area contributed by atoms with Crippen molar-refractivity contribution in [2.24, 2.45) is 7.05 Å². The summed E-state index contributed by atoms with van der Waals surface area (Å²) in [7, 11) is 3.52. The van der Waals surface area contributed by atoms with Crippen molar-refractivity contribution in [1.29, 1.82) is 0 Å². The minimum atomic E-state index is -0.635. The van der Waals surface area contributed by atoms with E-state index in [4.69, 9.17) is 4.74 Å². The van der Waals surface area contributed by atoms with E-state index in [1.54, 1.807) is 24.1 Å². The lowest BCUT2D eigenvalue weighted by Gasteiger charge is -2.23. The summed E-state index contributed by atoms with van der Waals surface area (Å²) in [6, 6.07) is 7.84. The van der Waals surface area contributed by atoms with E-state index in [2.05, 4.69) is 30.6 Å². The van der Waals surface area contributed by atoms with Crippen LogP contribution in [0.1, 0.15) is 33.6 Å². The summed E-state index contributed by atoms with van der Waals surface area (Å²) in [6.07, 6.45) is 7.22. The zero-order chi connectivity index (χ0) is 26.6. The van der Waals surface area contributed by atoms with Gasteiger partial charge in [0.1, 0.15) is 11.5 Å². The Kier molecular flexibility index (Phi) is 7.47. The maximum Gasteiger partial charge on any atom is 0.257 e. The lowest BCUT2D eigenvalue weighted by molar-refractivity contribution is 0.0931. The zero-order valence-corrected chi connectivity index (χ0v) is 21.3. The minimum Gasteiger partial charge on any atom is -0.383 e. The van der Waals surface area contributed by atoms with E-state index in [1.807, 2.05) is 19.3 Å². The zero-order valence-electron chi connectivity index (χ0n) is 21.3. The highest BCUT2D eigenvalue weighted by Gasteiger charge is 2.24. The van der Waals surface area contributed by atoms with Crippen LogP contribution in [0.3, 0.4) is 0 Å². The number of methoxy groups -OCH3 is 1. The Morgan fingerprint density at radius 1 is 1.18 bits per heavy atom. The molecule has 0 saturated carbocycles. The van der Waals surface area contributed by atoms with Crippen LogP contribution in [0, 0.1) is 5.82 Å². The molecular formula is C27H30FN7O3. The van der Waals surface area contributed by atoms with Crippen molar-refractivity contribution in [1.82, 2.24) is 30.0 Å². The number of aryl methyl sites for hydroxylation is 1. The van der Waals surface area contributed by atoms with Crippen LogP contribution in [0.15, 0.2) is 48.9 Å². The molecule has 3 N–H and O–H groups in total. The molecule has 1 atom stereocenters. The van der Waals surface area contributed by atoms with Crippen LogP contribution in [0.4, 0.5) is 10.1 Å². The number of hydrogen-bond donors (Lipinski definition) is 3. The first-order chi connectivity index (χ1) is 18.4. The highest BCUT2D eigenvalue weighted by atomic mass is 19.1. The average Bonchev–Trinajstić information content (AvgIpc) is 3.65. The van der Waals surface area contributed by atoms with Crippen LogP contribution in [0.25, 0.3) is 22.3 Å². The highest BCUT2D eigenvalue weighted by Crippen LogP contribution is 2.24. The number of hydrogen-bond acceptors (Lipinski definition) is 6. The number of aromatic amines is 1. The maximum atomic E-state index is 14.5. The number of anilines is 1. The molecule has 11 heteroatoms. The van der Waals surface area contributed by atoms with Crippen molar-refractivity contribution in [3.63, 3.8) is 0 Å². The average molecular weight is 520 g/mol. The Balaban J connectivity index is 1.23. The Labute approximate surface area is 219 Å². The molecule has 10 nitrogen and oxygen atoms in total. The number of amides is 2. The summed E-state index contributed by atoms with van der Waals surface area (Å²) < 4.78 is 21.5. The fourth-order valence-electron chi connectivity index (χ4n) is 4.80. The minimum absolute atomic E-state index is 0.0763. The fourth-order valence-corrected chi connectivity index (χ4v) is 4.80. The second kappa shape index (κ2) is 11.1. The standard InChI is InChI=1S/C27H30FN7O3/c1-34-15-20(14-31-34)23-12-18-10-19(13-30-25(18)32-23)27(37)33-24-11-17(5-6-22(24)28)26(36)29-7-9-35-8-3-4-21(35)16-38-2/h5-6,10-15,21H,3-4,7-9,16H2,1-2H3,(H,29,36)(H,30,32)(H,33,37)/t21-/m0/s1. The molecule has 198 valence electrons. The van der Waals surface area contributed by atoms with Crippen LogP contribution in [-0.2, 0) is 11.8 Å². The van der Waals surface area contributed by atoms with Crippen LogP contribution >= 0.6 is 0 Å². The van der Waals surface area contributed by atoms with E-state index in [0.717, 1.165) is 36.0 Å². The van der Waals surface area contributed by atoms with Gasteiger partial charge in [0.15, 0.2) is 0 Å². The molecular weight excluding hydrogens is 489 g/mol. The SMILES string of the molecule is COC[C@@H]1CCCN1CCNC(=O)c1ccc(F)c(NC(=O)c2cnc3[nH]c(-c4cnn(C)c4)cc3c2)c1. The Morgan fingerprint density at radius 3 is 2.84 bits per heavy atom. The molecule has 0 spiro atoms. The Morgan fingerprint density at radius 2 is 2.05 bits per heavy atom. The molecule has 0 unspecified atom stereocenters. The van der Waals surface area contributed by atoms with Crippen LogP contribution in [-0.4, -0.2) is 75.9 Å². The molecule has 2 amide bonds. The summed E-state index contributed by atoms with van der Waals surface area (Å²) in [5, 5.41) is 10.4. The van der Waals surface area contributed by atoms with Crippen molar-refractivity contribution < 1.29 is 18.7 Å². The molecule has 38 heavy (non-hydrogen) atoms. The predicted molar refractivity (Wildman–Crippen MR) is 141 cm³/mol. The van der Waals surface area contributed by atoms with Crippen molar-refractivity contribution in [3.05, 3.63) is 65.9 Å². The molecule has 1 aromatic carbocycles. The number of fused-ring (bicyclic) bond motifs is 1. The predicted octanol–water partition coefficient (Wildman–Crippen LogP) is 3.20. The van der Waals surface area contributed by atoms with Crippen LogP contribution in [0.2, 0.25) is 0 Å². The number of likely N-dealkylation sites (tertiary alicyclic amines) is 1. The number of pyridine rings is 1. The molecule has 4 heterocycles. The largest absolute Gasteiger partial charge is 0.383 e. The van der Waals surface area contributed by atoms with Crippen molar-refractivity contribution in [3.8, 4) is 11.3 Å². The van der Waals surface area contributed by atoms with Gasteiger partial charge < -0.3 is 20.4 Å². The molecule has 3 aromatic heterocycles. The molecule has 0 aliphatic carbocycles. The Bertz CT molecular complexity index is 1460. The van der Waals surface area contributed by atoms with Gasteiger partial charge in [0.2, 0.25) is 0 Å². The topological polar surface area (TPSA) is 117 Å². The summed E-state index contributed by atoms with van der Waals surface area (Å²) in [5.74, 6) is -1.50. The van der Waals surface area contributed by atoms with Gasteiger partial charge in [0.25, 0.3) is 11.8 Å². The number of nitrogens with zero attached hydrogens (tertiary/aromatic N) is 4. The smallest absolute Gasteiger partial charge is 0.257 e. The van der Waals surface area contributed by atoms with E-state index in [-0.39, 0.29) is 22.7 Å². The van der Waals surface area contributed by atoms with Gasteiger partial charge in [-0.15, -0.1) is 0 Å². The quantitative estimate of drug-likeness (QED) is 0.313. The molecule has 0 bridgehead atoms. The van der Waals surface area contributed by atoms with Crippen LogP contribution in [0.5, 0.6) is 0 Å². The second-order valence-corrected chi connectivity index (χ2v) is 9.44. The van der Waals surface area contributed by atoms with Gasteiger partial charge >= 0.3 is 0 Å². The second-order valence-electron chi connectivity index (χ2n) is 9.44. The number of H-pyrrole nitrogens is 1. The van der Waals surface area contributed by atoms with Gasteiger partial charge in [-0.3, -0.25) is 19.2 Å². The van der Waals surface area contributed by atoms with E-state index >= 15 is 0 Å². The molecule has 0 radical (unpaired) electrons. The van der Waals surface area contributed by atoms with Gasteiger partial charge in [-0.1, -0.05) is 0 Å². The van der Waals surface area contributed by atoms with Crippen molar-refractivity contribution in [2.75, 3.05) is 38.7 Å². The molecule has 1 saturated heterocycles. The summed E-state index contributed by atoms with van der Waals surface area (Å²) >= 11 is 0. The van der Waals surface area contributed by atoms with Crippen LogP contribution < -0.4 is 10.6 Å². The van der Waals surface area contributed by atoms with Crippen molar-refractivity contribution >= 4 is 28.5 Å². The monoisotopic (exact) mass is 519 g/mol. The number of benzene rings is 1. The highest BCUT2D eigenvalue weighted by molar-refractivity contribution is 6.06.